The van der Waals surface area contributed by atoms with Gasteiger partial charge in [-0.25, -0.2) is 0 Å². The third-order valence-electron chi connectivity index (χ3n) is 3.75. The molecule has 0 aromatic heterocycles. The van der Waals surface area contributed by atoms with Crippen molar-refractivity contribution in [2.75, 3.05) is 11.9 Å². The zero-order valence-corrected chi connectivity index (χ0v) is 12.8. The molecule has 1 unspecified atom stereocenters. The van der Waals surface area contributed by atoms with E-state index in [2.05, 4.69) is 10.6 Å². The lowest BCUT2D eigenvalue weighted by molar-refractivity contribution is -0.116. The molecule has 1 heterocycles. The SMILES string of the molecule is CC(NC(=O)c1ccc2c(c1)NC(=O)CCO2)c1ccccc1. The highest BCUT2D eigenvalue weighted by molar-refractivity contribution is 5.98. The van der Waals surface area contributed by atoms with Gasteiger partial charge in [0.1, 0.15) is 5.75 Å². The van der Waals surface area contributed by atoms with Gasteiger partial charge in [0.05, 0.1) is 24.8 Å². The molecule has 5 nitrogen and oxygen atoms in total. The van der Waals surface area contributed by atoms with E-state index in [-0.39, 0.29) is 17.9 Å². The number of nitrogens with one attached hydrogen (secondary N) is 2. The third-order valence-corrected chi connectivity index (χ3v) is 3.75. The van der Waals surface area contributed by atoms with Gasteiger partial charge in [-0.15, -0.1) is 0 Å². The van der Waals surface area contributed by atoms with Crippen LogP contribution in [-0.4, -0.2) is 18.4 Å². The van der Waals surface area contributed by atoms with Crippen LogP contribution in [0.4, 0.5) is 5.69 Å². The van der Waals surface area contributed by atoms with Crippen molar-refractivity contribution in [1.82, 2.24) is 5.32 Å². The predicted molar refractivity (Wildman–Crippen MR) is 87.5 cm³/mol. The lowest BCUT2D eigenvalue weighted by Crippen LogP contribution is -2.26. The molecular weight excluding hydrogens is 292 g/mol. The molecule has 3 rings (SSSR count). The largest absolute Gasteiger partial charge is 0.491 e. The highest BCUT2D eigenvalue weighted by atomic mass is 16.5. The zero-order valence-electron chi connectivity index (χ0n) is 12.8. The summed E-state index contributed by atoms with van der Waals surface area (Å²) in [5.41, 5.74) is 2.05. The summed E-state index contributed by atoms with van der Waals surface area (Å²) in [6.45, 7) is 2.27. The molecule has 118 valence electrons. The molecule has 0 spiro atoms. The summed E-state index contributed by atoms with van der Waals surface area (Å²) in [6.07, 6.45) is 0.307. The fourth-order valence-corrected chi connectivity index (χ4v) is 2.47. The van der Waals surface area contributed by atoms with E-state index in [9.17, 15) is 9.59 Å². The second-order valence-electron chi connectivity index (χ2n) is 5.46. The fourth-order valence-electron chi connectivity index (χ4n) is 2.47. The van der Waals surface area contributed by atoms with Crippen LogP contribution in [0.2, 0.25) is 0 Å². The van der Waals surface area contributed by atoms with Crippen LogP contribution in [0, 0.1) is 0 Å². The second-order valence-corrected chi connectivity index (χ2v) is 5.46. The summed E-state index contributed by atoms with van der Waals surface area (Å²) in [7, 11) is 0. The van der Waals surface area contributed by atoms with Gasteiger partial charge < -0.3 is 15.4 Å². The van der Waals surface area contributed by atoms with Gasteiger partial charge in [-0.05, 0) is 30.7 Å². The standard InChI is InChI=1S/C18H18N2O3/c1-12(13-5-3-2-4-6-13)19-18(22)14-7-8-16-15(11-14)20-17(21)9-10-23-16/h2-8,11-12H,9-10H2,1H3,(H,19,22)(H,20,21). The first-order valence-electron chi connectivity index (χ1n) is 7.56. The van der Waals surface area contributed by atoms with Crippen LogP contribution < -0.4 is 15.4 Å². The maximum absolute atomic E-state index is 12.4. The number of benzene rings is 2. The van der Waals surface area contributed by atoms with E-state index in [0.29, 0.717) is 30.0 Å². The van der Waals surface area contributed by atoms with E-state index < -0.39 is 0 Å². The average molecular weight is 310 g/mol. The smallest absolute Gasteiger partial charge is 0.251 e. The molecule has 0 radical (unpaired) electrons. The molecule has 2 aromatic carbocycles. The van der Waals surface area contributed by atoms with Gasteiger partial charge in [0.15, 0.2) is 0 Å². The van der Waals surface area contributed by atoms with Crippen molar-refractivity contribution in [3.8, 4) is 5.75 Å². The van der Waals surface area contributed by atoms with Crippen LogP contribution in [0.3, 0.4) is 0 Å². The highest BCUT2D eigenvalue weighted by Crippen LogP contribution is 2.28. The second kappa shape index (κ2) is 6.52. The summed E-state index contributed by atoms with van der Waals surface area (Å²) in [6, 6.07) is 14.7. The Hall–Kier alpha value is -2.82. The first-order chi connectivity index (χ1) is 11.1. The number of amides is 2. The number of fused-ring (bicyclic) bond motifs is 1. The topological polar surface area (TPSA) is 67.4 Å². The maximum atomic E-state index is 12.4. The molecule has 1 aliphatic rings. The number of carbonyl (C=O) groups is 2. The molecule has 1 atom stereocenters. The average Bonchev–Trinajstić information content (AvgIpc) is 2.75. The quantitative estimate of drug-likeness (QED) is 0.916. The molecule has 2 N–H and O–H groups in total. The van der Waals surface area contributed by atoms with Gasteiger partial charge in [0.25, 0.3) is 5.91 Å². The number of carbonyl (C=O) groups excluding carboxylic acids is 2. The van der Waals surface area contributed by atoms with E-state index in [1.165, 1.54) is 0 Å². The molecular formula is C18H18N2O3. The van der Waals surface area contributed by atoms with Crippen molar-refractivity contribution < 1.29 is 14.3 Å². The molecule has 2 aromatic rings. The minimum atomic E-state index is -0.192. The van der Waals surface area contributed by atoms with Crippen LogP contribution in [0.15, 0.2) is 48.5 Å². The highest BCUT2D eigenvalue weighted by Gasteiger charge is 2.17. The summed E-state index contributed by atoms with van der Waals surface area (Å²) in [5, 5.41) is 5.71. The van der Waals surface area contributed by atoms with Gasteiger partial charge in [-0.1, -0.05) is 30.3 Å². The van der Waals surface area contributed by atoms with Crippen molar-refractivity contribution in [3.63, 3.8) is 0 Å². The molecule has 5 heteroatoms. The minimum absolute atomic E-state index is 0.103. The van der Waals surface area contributed by atoms with E-state index in [1.54, 1.807) is 18.2 Å². The molecule has 0 aliphatic carbocycles. The molecule has 23 heavy (non-hydrogen) atoms. The molecule has 0 saturated carbocycles. The van der Waals surface area contributed by atoms with E-state index in [1.807, 2.05) is 37.3 Å². The Kier molecular flexibility index (Phi) is 4.28. The van der Waals surface area contributed by atoms with Crippen LogP contribution in [0.25, 0.3) is 0 Å². The number of anilines is 1. The summed E-state index contributed by atoms with van der Waals surface area (Å²) in [5.74, 6) is 0.283. The fraction of sp³-hybridized carbons (Fsp3) is 0.222. The number of rotatable bonds is 3. The van der Waals surface area contributed by atoms with Gasteiger partial charge in [-0.3, -0.25) is 9.59 Å². The lowest BCUT2D eigenvalue weighted by atomic mass is 10.1. The van der Waals surface area contributed by atoms with Crippen LogP contribution in [-0.2, 0) is 4.79 Å². The number of hydrogen-bond donors (Lipinski definition) is 2. The van der Waals surface area contributed by atoms with Crippen LogP contribution in [0.1, 0.15) is 35.3 Å². The maximum Gasteiger partial charge on any atom is 0.251 e. The Bertz CT molecular complexity index is 728. The zero-order chi connectivity index (χ0) is 16.2. The summed E-state index contributed by atoms with van der Waals surface area (Å²) in [4.78, 5) is 24.0. The third kappa shape index (κ3) is 3.51. The van der Waals surface area contributed by atoms with Crippen molar-refractivity contribution in [1.29, 1.82) is 0 Å². The van der Waals surface area contributed by atoms with Gasteiger partial charge >= 0.3 is 0 Å². The number of hydrogen-bond acceptors (Lipinski definition) is 3. The Morgan fingerprint density at radius 2 is 2.00 bits per heavy atom. The summed E-state index contributed by atoms with van der Waals surface area (Å²) < 4.78 is 5.49. The van der Waals surface area contributed by atoms with Crippen molar-refractivity contribution in [2.45, 2.75) is 19.4 Å². The monoisotopic (exact) mass is 310 g/mol. The van der Waals surface area contributed by atoms with E-state index >= 15 is 0 Å². The van der Waals surface area contributed by atoms with Crippen molar-refractivity contribution in [2.24, 2.45) is 0 Å². The van der Waals surface area contributed by atoms with E-state index in [0.717, 1.165) is 5.56 Å². The van der Waals surface area contributed by atoms with Crippen LogP contribution in [0.5, 0.6) is 5.75 Å². The van der Waals surface area contributed by atoms with Crippen molar-refractivity contribution >= 4 is 17.5 Å². The molecule has 2 amide bonds. The van der Waals surface area contributed by atoms with Gasteiger partial charge in [0, 0.05) is 5.56 Å². The Morgan fingerprint density at radius 3 is 2.78 bits per heavy atom. The molecule has 1 aliphatic heterocycles. The van der Waals surface area contributed by atoms with Gasteiger partial charge in [-0.2, -0.15) is 0 Å². The Morgan fingerprint density at radius 1 is 1.22 bits per heavy atom. The summed E-state index contributed by atoms with van der Waals surface area (Å²) >= 11 is 0. The molecule has 0 fully saturated rings. The Balaban J connectivity index is 1.76. The number of ether oxygens (including phenoxy) is 1. The first kappa shape index (κ1) is 15.1. The first-order valence-corrected chi connectivity index (χ1v) is 7.56. The minimum Gasteiger partial charge on any atom is -0.491 e. The van der Waals surface area contributed by atoms with Crippen molar-refractivity contribution in [3.05, 3.63) is 59.7 Å². The van der Waals surface area contributed by atoms with Gasteiger partial charge in [0.2, 0.25) is 5.91 Å². The Labute approximate surface area is 134 Å². The molecule has 0 bridgehead atoms. The normalized spacial score (nSPS) is 14.7. The predicted octanol–water partition coefficient (Wildman–Crippen LogP) is 2.90. The van der Waals surface area contributed by atoms with Crippen LogP contribution >= 0.6 is 0 Å². The molecule has 0 saturated heterocycles. The van der Waals surface area contributed by atoms with E-state index in [4.69, 9.17) is 4.74 Å². The lowest BCUT2D eigenvalue weighted by Gasteiger charge is -2.15.